The van der Waals surface area contributed by atoms with E-state index in [0.29, 0.717) is 24.1 Å². The van der Waals surface area contributed by atoms with Gasteiger partial charge < -0.3 is 9.32 Å². The number of rotatable bonds is 5. The fourth-order valence-corrected chi connectivity index (χ4v) is 3.17. The van der Waals surface area contributed by atoms with Gasteiger partial charge in [0.2, 0.25) is 0 Å². The molecule has 1 heterocycles. The number of hydrogen-bond acceptors (Lipinski definition) is 3. The number of carbonyl (C=O) groups is 1. The van der Waals surface area contributed by atoms with E-state index < -0.39 is 0 Å². The lowest BCUT2D eigenvalue weighted by atomic mass is 10.1. The fraction of sp³-hybridized carbons (Fsp3) is 0.0833. The third-order valence-electron chi connectivity index (χ3n) is 4.57. The molecule has 0 N–H and O–H groups in total. The Morgan fingerprint density at radius 2 is 1.29 bits per heavy atom. The molecule has 0 atom stereocenters. The summed E-state index contributed by atoms with van der Waals surface area (Å²) in [6, 6.07) is 27.8. The zero-order valence-electron chi connectivity index (χ0n) is 15.2. The molecule has 0 spiro atoms. The van der Waals surface area contributed by atoms with Crippen LogP contribution in [-0.2, 0) is 13.1 Å². The van der Waals surface area contributed by atoms with Crippen LogP contribution in [0.15, 0.2) is 100 Å². The Labute approximate surface area is 162 Å². The van der Waals surface area contributed by atoms with Gasteiger partial charge in [-0.25, -0.2) is 0 Å². The van der Waals surface area contributed by atoms with Gasteiger partial charge in [-0.3, -0.25) is 9.59 Å². The summed E-state index contributed by atoms with van der Waals surface area (Å²) in [5.41, 5.74) is 2.21. The van der Waals surface area contributed by atoms with Gasteiger partial charge in [0.05, 0.1) is 5.39 Å². The Kier molecular flexibility index (Phi) is 5.02. The van der Waals surface area contributed by atoms with Crippen LogP contribution in [0.25, 0.3) is 11.0 Å². The lowest BCUT2D eigenvalue weighted by Gasteiger charge is -2.22. The summed E-state index contributed by atoms with van der Waals surface area (Å²) in [6.45, 7) is 0.843. The second-order valence-corrected chi connectivity index (χ2v) is 6.60. The van der Waals surface area contributed by atoms with Gasteiger partial charge in [0.25, 0.3) is 5.91 Å². The number of fused-ring (bicyclic) bond motifs is 1. The summed E-state index contributed by atoms with van der Waals surface area (Å²) < 4.78 is 5.77. The molecule has 138 valence electrons. The largest absolute Gasteiger partial charge is 0.451 e. The molecule has 4 aromatic rings. The summed E-state index contributed by atoms with van der Waals surface area (Å²) in [4.78, 5) is 27.3. The average Bonchev–Trinajstić information content (AvgIpc) is 2.74. The lowest BCUT2D eigenvalue weighted by molar-refractivity contribution is 0.0698. The van der Waals surface area contributed by atoms with E-state index in [1.165, 1.54) is 6.07 Å². The van der Waals surface area contributed by atoms with Crippen LogP contribution in [0, 0.1) is 0 Å². The quantitative estimate of drug-likeness (QED) is 0.515. The molecule has 0 aliphatic rings. The van der Waals surface area contributed by atoms with Crippen molar-refractivity contribution in [3.63, 3.8) is 0 Å². The van der Waals surface area contributed by atoms with Crippen LogP contribution in [-0.4, -0.2) is 10.8 Å². The first-order valence-corrected chi connectivity index (χ1v) is 9.11. The third-order valence-corrected chi connectivity index (χ3v) is 4.57. The highest BCUT2D eigenvalue weighted by Gasteiger charge is 2.20. The highest BCUT2D eigenvalue weighted by Crippen LogP contribution is 2.17. The molecule has 3 aromatic carbocycles. The molecule has 0 saturated carbocycles. The molecule has 4 heteroatoms. The first-order chi connectivity index (χ1) is 13.7. The van der Waals surface area contributed by atoms with Crippen LogP contribution in [0.3, 0.4) is 0 Å². The van der Waals surface area contributed by atoms with Crippen LogP contribution >= 0.6 is 0 Å². The van der Waals surface area contributed by atoms with Gasteiger partial charge in [0, 0.05) is 19.2 Å². The van der Waals surface area contributed by atoms with Gasteiger partial charge in [-0.2, -0.15) is 0 Å². The number of nitrogens with zero attached hydrogens (tertiary/aromatic N) is 1. The van der Waals surface area contributed by atoms with Crippen LogP contribution in [0.1, 0.15) is 21.7 Å². The van der Waals surface area contributed by atoms with E-state index in [9.17, 15) is 9.59 Å². The van der Waals surface area contributed by atoms with Gasteiger partial charge >= 0.3 is 0 Å². The van der Waals surface area contributed by atoms with Crippen molar-refractivity contribution < 1.29 is 9.21 Å². The molecule has 0 radical (unpaired) electrons. The number of hydrogen-bond donors (Lipinski definition) is 0. The summed E-state index contributed by atoms with van der Waals surface area (Å²) in [5, 5.41) is 0.469. The van der Waals surface area contributed by atoms with Crippen LogP contribution in [0.2, 0.25) is 0 Å². The van der Waals surface area contributed by atoms with E-state index >= 15 is 0 Å². The number of carbonyl (C=O) groups excluding carboxylic acids is 1. The zero-order valence-corrected chi connectivity index (χ0v) is 15.2. The van der Waals surface area contributed by atoms with Crippen LogP contribution < -0.4 is 5.43 Å². The highest BCUT2D eigenvalue weighted by molar-refractivity contribution is 5.93. The van der Waals surface area contributed by atoms with Crippen molar-refractivity contribution in [2.45, 2.75) is 13.1 Å². The first-order valence-electron chi connectivity index (χ1n) is 9.11. The minimum atomic E-state index is -0.310. The summed E-state index contributed by atoms with van der Waals surface area (Å²) >= 11 is 0. The maximum atomic E-state index is 13.2. The van der Waals surface area contributed by atoms with Crippen molar-refractivity contribution >= 4 is 16.9 Å². The molecule has 0 aliphatic carbocycles. The molecule has 4 rings (SSSR count). The smallest absolute Gasteiger partial charge is 0.290 e. The van der Waals surface area contributed by atoms with Crippen molar-refractivity contribution in [3.8, 4) is 0 Å². The first kappa shape index (κ1) is 17.7. The molecule has 0 aliphatic heterocycles. The molecular formula is C24H19NO3. The van der Waals surface area contributed by atoms with Crippen molar-refractivity contribution in [3.05, 3.63) is 118 Å². The minimum absolute atomic E-state index is 0.0514. The molecule has 0 bridgehead atoms. The Morgan fingerprint density at radius 1 is 0.750 bits per heavy atom. The normalized spacial score (nSPS) is 10.7. The molecule has 0 saturated heterocycles. The predicted molar refractivity (Wildman–Crippen MR) is 109 cm³/mol. The Hall–Kier alpha value is -3.66. The molecule has 1 aromatic heterocycles. The topological polar surface area (TPSA) is 50.5 Å². The fourth-order valence-electron chi connectivity index (χ4n) is 3.17. The van der Waals surface area contributed by atoms with E-state index in [-0.39, 0.29) is 17.1 Å². The van der Waals surface area contributed by atoms with Crippen LogP contribution in [0.5, 0.6) is 0 Å². The molecule has 28 heavy (non-hydrogen) atoms. The zero-order chi connectivity index (χ0) is 19.3. The van der Waals surface area contributed by atoms with Gasteiger partial charge in [-0.05, 0) is 23.3 Å². The summed E-state index contributed by atoms with van der Waals surface area (Å²) in [7, 11) is 0. The van der Waals surface area contributed by atoms with E-state index in [1.807, 2.05) is 60.7 Å². The molecular weight excluding hydrogens is 350 g/mol. The standard InChI is InChI=1S/C24H19NO3/c26-21-15-23(28-22-14-8-7-13-20(21)22)24(27)25(16-18-9-3-1-4-10-18)17-19-11-5-2-6-12-19/h1-15H,16-17H2. The second kappa shape index (κ2) is 7.92. The number of benzene rings is 3. The number of amides is 1. The van der Waals surface area contributed by atoms with E-state index in [4.69, 9.17) is 4.42 Å². The maximum Gasteiger partial charge on any atom is 0.290 e. The van der Waals surface area contributed by atoms with Crippen LogP contribution in [0.4, 0.5) is 0 Å². The minimum Gasteiger partial charge on any atom is -0.451 e. The van der Waals surface area contributed by atoms with Gasteiger partial charge in [0.1, 0.15) is 5.58 Å². The molecule has 4 nitrogen and oxygen atoms in total. The van der Waals surface area contributed by atoms with Gasteiger partial charge in [-0.15, -0.1) is 0 Å². The maximum absolute atomic E-state index is 13.2. The van der Waals surface area contributed by atoms with Crippen molar-refractivity contribution in [1.29, 1.82) is 0 Å². The molecule has 0 unspecified atom stereocenters. The Balaban J connectivity index is 1.70. The lowest BCUT2D eigenvalue weighted by Crippen LogP contribution is -2.30. The molecule has 0 fully saturated rings. The molecule has 1 amide bonds. The van der Waals surface area contributed by atoms with E-state index in [1.54, 1.807) is 29.2 Å². The number of para-hydroxylation sites is 1. The third kappa shape index (κ3) is 3.86. The van der Waals surface area contributed by atoms with E-state index in [0.717, 1.165) is 11.1 Å². The Bertz CT molecular complexity index is 1110. The monoisotopic (exact) mass is 369 g/mol. The van der Waals surface area contributed by atoms with Gasteiger partial charge in [-0.1, -0.05) is 72.8 Å². The summed E-state index contributed by atoms with van der Waals surface area (Å²) in [5.74, 6) is -0.258. The SMILES string of the molecule is O=C(c1cc(=O)c2ccccc2o1)N(Cc1ccccc1)Cc1ccccc1. The van der Waals surface area contributed by atoms with Crippen molar-refractivity contribution in [1.82, 2.24) is 4.90 Å². The highest BCUT2D eigenvalue weighted by atomic mass is 16.3. The average molecular weight is 369 g/mol. The van der Waals surface area contributed by atoms with Crippen molar-refractivity contribution in [2.75, 3.05) is 0 Å². The van der Waals surface area contributed by atoms with Gasteiger partial charge in [0.15, 0.2) is 11.2 Å². The predicted octanol–water partition coefficient (Wildman–Crippen LogP) is 4.64. The second-order valence-electron chi connectivity index (χ2n) is 6.60. The summed E-state index contributed by atoms with van der Waals surface area (Å²) in [6.07, 6.45) is 0. The van der Waals surface area contributed by atoms with E-state index in [2.05, 4.69) is 0 Å². The van der Waals surface area contributed by atoms with Crippen molar-refractivity contribution in [2.24, 2.45) is 0 Å². The Morgan fingerprint density at radius 3 is 1.89 bits per heavy atom.